The Hall–Kier alpha value is -6.91. The summed E-state index contributed by atoms with van der Waals surface area (Å²) in [6, 6.07) is 34.9. The zero-order valence-electron chi connectivity index (χ0n) is 37.9. The van der Waals surface area contributed by atoms with Gasteiger partial charge in [-0.25, -0.2) is 4.39 Å². The van der Waals surface area contributed by atoms with Gasteiger partial charge < -0.3 is 29.2 Å². The van der Waals surface area contributed by atoms with Crippen molar-refractivity contribution in [3.8, 4) is 46.0 Å². The predicted molar refractivity (Wildman–Crippen MR) is 265 cm³/mol. The number of alkyl halides is 2. The average molecular weight is 985 g/mol. The summed E-state index contributed by atoms with van der Waals surface area (Å²) in [5, 5.41) is 21.8. The number of phenolic OH excluding ortho intramolecular Hbond substituents is 2. The summed E-state index contributed by atoms with van der Waals surface area (Å²) in [4.78, 5) is 33.0. The van der Waals surface area contributed by atoms with Crippen LogP contribution in [-0.2, 0) is 0 Å². The van der Waals surface area contributed by atoms with Crippen molar-refractivity contribution in [1.29, 1.82) is 0 Å². The van der Waals surface area contributed by atoms with Crippen LogP contribution >= 0.6 is 22.7 Å². The summed E-state index contributed by atoms with van der Waals surface area (Å²) in [6.45, 7) is 4.97. The molecule has 6 aromatic carbocycles. The predicted octanol–water partition coefficient (Wildman–Crippen LogP) is 12.3. The van der Waals surface area contributed by atoms with E-state index >= 15 is 0 Å². The van der Waals surface area contributed by atoms with Crippen molar-refractivity contribution in [3.63, 3.8) is 0 Å². The molecule has 0 aliphatic carbocycles. The number of ketones is 2. The number of aryl methyl sites for hydroxylation is 1. The number of nitrogens with zero attached hydrogens (tertiary/aromatic N) is 2. The SMILES string of the molecule is Cc1cc(F)ccc1C(=O)c1sc2cc(O)ccc2c1Oc1ccc(OCCN2CC(CF)C2c2ccc(C(=O)c3sc4cc(O)ccc4c3Oc3ccc(OCCN4CC(CF)C4)cc3)cc2)cc1. The fourth-order valence-electron chi connectivity index (χ4n) is 9.09. The number of hydrogen-bond donors (Lipinski definition) is 2. The van der Waals surface area contributed by atoms with Crippen LogP contribution in [0.15, 0.2) is 127 Å². The van der Waals surface area contributed by atoms with Gasteiger partial charge in [-0.15, -0.1) is 22.7 Å². The number of rotatable bonds is 19. The van der Waals surface area contributed by atoms with Crippen molar-refractivity contribution in [2.45, 2.75) is 13.0 Å². The summed E-state index contributed by atoms with van der Waals surface area (Å²) < 4.78 is 67.1. The van der Waals surface area contributed by atoms with Crippen LogP contribution in [0.4, 0.5) is 13.2 Å². The molecule has 2 aliphatic rings. The van der Waals surface area contributed by atoms with Crippen LogP contribution in [0.3, 0.4) is 0 Å². The fourth-order valence-corrected chi connectivity index (χ4v) is 11.3. The van der Waals surface area contributed by atoms with E-state index < -0.39 is 12.5 Å². The Balaban J connectivity index is 0.775. The highest BCUT2D eigenvalue weighted by molar-refractivity contribution is 7.22. The van der Waals surface area contributed by atoms with Crippen molar-refractivity contribution in [2.24, 2.45) is 11.8 Å². The molecule has 0 saturated carbocycles. The van der Waals surface area contributed by atoms with Gasteiger partial charge in [0.1, 0.15) is 63.3 Å². The topological polar surface area (TPSA) is 118 Å². The molecule has 2 unspecified atom stereocenters. The molecule has 70 heavy (non-hydrogen) atoms. The van der Waals surface area contributed by atoms with Gasteiger partial charge in [0.2, 0.25) is 11.6 Å². The van der Waals surface area contributed by atoms with Crippen LogP contribution in [0.5, 0.6) is 46.0 Å². The lowest BCUT2D eigenvalue weighted by molar-refractivity contribution is -0.00872. The molecule has 10 nitrogen and oxygen atoms in total. The first-order chi connectivity index (χ1) is 34.0. The van der Waals surface area contributed by atoms with Gasteiger partial charge in [-0.2, -0.15) is 0 Å². The highest BCUT2D eigenvalue weighted by Crippen LogP contribution is 2.45. The molecule has 2 atom stereocenters. The van der Waals surface area contributed by atoms with E-state index in [0.29, 0.717) is 107 Å². The minimum atomic E-state index is -0.495. The van der Waals surface area contributed by atoms with Crippen molar-refractivity contribution >= 4 is 54.4 Å². The van der Waals surface area contributed by atoms with E-state index in [4.69, 9.17) is 18.9 Å². The van der Waals surface area contributed by atoms with E-state index in [1.807, 2.05) is 12.1 Å². The van der Waals surface area contributed by atoms with Crippen molar-refractivity contribution < 1.29 is 51.9 Å². The standard InChI is InChI=1S/C55H47F3N2O8S2/c1-32-24-37(58)6-17-44(32)51(64)55-53(46-19-8-39(62)26-48(46)70-55)68-43-15-11-41(12-16-43)66-23-21-60-31-36(28-57)49(60)34-2-4-35(5-3-34)50(63)54-52(45-18-7-38(61)25-47(45)69-54)67-42-13-9-40(10-14-42)65-22-20-59-29-33(27-56)30-59/h2-19,24-26,33,36,49,61-62H,20-23,27-31H2,1H3. The van der Waals surface area contributed by atoms with Gasteiger partial charge in [-0.1, -0.05) is 24.3 Å². The number of ether oxygens (including phenoxy) is 4. The second-order valence-electron chi connectivity index (χ2n) is 17.6. The summed E-state index contributed by atoms with van der Waals surface area (Å²) >= 11 is 2.42. The maximum absolute atomic E-state index is 14.3. The molecule has 4 heterocycles. The van der Waals surface area contributed by atoms with Crippen LogP contribution < -0.4 is 18.9 Å². The van der Waals surface area contributed by atoms with E-state index in [1.54, 1.807) is 97.9 Å². The van der Waals surface area contributed by atoms with Crippen molar-refractivity contribution in [2.75, 3.05) is 59.3 Å². The first-order valence-corrected chi connectivity index (χ1v) is 24.5. The van der Waals surface area contributed by atoms with E-state index in [2.05, 4.69) is 9.80 Å². The van der Waals surface area contributed by atoms with Gasteiger partial charge in [0.15, 0.2) is 11.5 Å². The lowest BCUT2D eigenvalue weighted by Crippen LogP contribution is -2.51. The zero-order valence-corrected chi connectivity index (χ0v) is 39.5. The second kappa shape index (κ2) is 20.2. The van der Waals surface area contributed by atoms with Crippen molar-refractivity contribution in [3.05, 3.63) is 165 Å². The van der Waals surface area contributed by atoms with Crippen LogP contribution in [0, 0.1) is 24.6 Å². The molecule has 15 heteroatoms. The number of halogens is 3. The van der Waals surface area contributed by atoms with E-state index in [-0.39, 0.29) is 47.6 Å². The molecule has 10 rings (SSSR count). The van der Waals surface area contributed by atoms with Crippen LogP contribution in [0.1, 0.15) is 47.6 Å². The average Bonchev–Trinajstić information content (AvgIpc) is 3.88. The highest BCUT2D eigenvalue weighted by atomic mass is 32.1. The fraction of sp³-hybridized carbons (Fsp3) is 0.236. The van der Waals surface area contributed by atoms with Gasteiger partial charge in [-0.05, 0) is 121 Å². The van der Waals surface area contributed by atoms with E-state index in [1.165, 1.54) is 46.9 Å². The molecule has 358 valence electrons. The second-order valence-corrected chi connectivity index (χ2v) is 19.7. The number of thiophene rings is 2. The normalized spacial score (nSPS) is 16.2. The molecule has 0 amide bonds. The third-order valence-electron chi connectivity index (χ3n) is 12.8. The minimum Gasteiger partial charge on any atom is -0.508 e. The molecule has 0 bridgehead atoms. The van der Waals surface area contributed by atoms with Gasteiger partial charge >= 0.3 is 0 Å². The number of fused-ring (bicyclic) bond motifs is 2. The van der Waals surface area contributed by atoms with E-state index in [0.717, 1.165) is 25.2 Å². The zero-order chi connectivity index (χ0) is 48.5. The summed E-state index contributed by atoms with van der Waals surface area (Å²) in [7, 11) is 0. The van der Waals surface area contributed by atoms with Gasteiger partial charge in [0.25, 0.3) is 0 Å². The number of likely N-dealkylation sites (tertiary alicyclic amines) is 2. The molecular formula is C55H47F3N2O8S2. The Kier molecular flexibility index (Phi) is 13.5. The first kappa shape index (κ1) is 46.8. The third-order valence-corrected chi connectivity index (χ3v) is 15.1. The molecule has 0 radical (unpaired) electrons. The molecular weight excluding hydrogens is 938 g/mol. The number of benzene rings is 6. The quantitative estimate of drug-likeness (QED) is 0.0758. The maximum atomic E-state index is 14.3. The number of phenols is 2. The summed E-state index contributed by atoms with van der Waals surface area (Å²) in [6.07, 6.45) is 0. The number of carbonyl (C=O) groups is 2. The molecule has 0 spiro atoms. The lowest BCUT2D eigenvalue weighted by atomic mass is 9.84. The Bertz CT molecular complexity index is 3190. The minimum absolute atomic E-state index is 0.0536. The molecule has 8 aromatic rings. The molecule has 2 aliphatic heterocycles. The number of aromatic hydroxyl groups is 2. The third kappa shape index (κ3) is 9.79. The summed E-state index contributed by atoms with van der Waals surface area (Å²) in [5.74, 6) is 1.94. The summed E-state index contributed by atoms with van der Waals surface area (Å²) in [5.41, 5.74) is 2.16. The Morgan fingerprint density at radius 3 is 1.71 bits per heavy atom. The van der Waals surface area contributed by atoms with Crippen LogP contribution in [0.25, 0.3) is 20.2 Å². The van der Waals surface area contributed by atoms with Gasteiger partial charge in [0.05, 0.1) is 13.3 Å². The molecule has 2 N–H and O–H groups in total. The molecule has 2 aromatic heterocycles. The lowest BCUT2D eigenvalue weighted by Gasteiger charge is -2.47. The first-order valence-electron chi connectivity index (χ1n) is 22.9. The Labute approximate surface area is 409 Å². The van der Waals surface area contributed by atoms with Crippen LogP contribution in [0.2, 0.25) is 0 Å². The largest absolute Gasteiger partial charge is 0.508 e. The highest BCUT2D eigenvalue weighted by Gasteiger charge is 2.40. The smallest absolute Gasteiger partial charge is 0.207 e. The number of carbonyl (C=O) groups excluding carboxylic acids is 2. The Morgan fingerprint density at radius 2 is 1.17 bits per heavy atom. The van der Waals surface area contributed by atoms with Crippen molar-refractivity contribution in [1.82, 2.24) is 9.80 Å². The van der Waals surface area contributed by atoms with Gasteiger partial charge in [0, 0.05) is 81.9 Å². The molecule has 2 saturated heterocycles. The maximum Gasteiger partial charge on any atom is 0.207 e. The number of hydrogen-bond acceptors (Lipinski definition) is 12. The van der Waals surface area contributed by atoms with Crippen LogP contribution in [-0.4, -0.2) is 90.9 Å². The Morgan fingerprint density at radius 1 is 0.629 bits per heavy atom. The molecule has 2 fully saturated rings. The van der Waals surface area contributed by atoms with E-state index in [9.17, 15) is 33.0 Å². The monoisotopic (exact) mass is 984 g/mol. The van der Waals surface area contributed by atoms with Gasteiger partial charge in [-0.3, -0.25) is 28.2 Å².